The maximum Gasteiger partial charge on any atom is 0.329 e. The largest absolute Gasteiger partial charge is 0.458 e. The molecule has 0 bridgehead atoms. The van der Waals surface area contributed by atoms with Crippen molar-refractivity contribution in [1.82, 2.24) is 30.8 Å². The first-order valence-electron chi connectivity index (χ1n) is 19.2. The second-order valence-electron chi connectivity index (χ2n) is 15.6. The van der Waals surface area contributed by atoms with E-state index in [0.29, 0.717) is 38.1 Å². The number of rotatable bonds is 18. The Bertz CT molecular complexity index is 1620. The van der Waals surface area contributed by atoms with Crippen LogP contribution in [0.2, 0.25) is 0 Å². The highest BCUT2D eigenvalue weighted by Gasteiger charge is 2.38. The second kappa shape index (κ2) is 19.2. The molecule has 53 heavy (non-hydrogen) atoms. The number of imidazole rings is 1. The molecule has 1 aromatic heterocycles. The van der Waals surface area contributed by atoms with Gasteiger partial charge in [-0.15, -0.1) is 0 Å². The van der Waals surface area contributed by atoms with Gasteiger partial charge in [0.15, 0.2) is 0 Å². The summed E-state index contributed by atoms with van der Waals surface area (Å²) < 4.78 is 5.63. The average molecular weight is 733 g/mol. The Morgan fingerprint density at radius 3 is 2.26 bits per heavy atom. The third kappa shape index (κ3) is 12.1. The number of hydrogen-bond acceptors (Lipinski definition) is 8. The van der Waals surface area contributed by atoms with E-state index < -0.39 is 41.7 Å². The minimum atomic E-state index is -0.928. The van der Waals surface area contributed by atoms with Crippen LogP contribution in [-0.2, 0) is 36.9 Å². The molecule has 1 fully saturated rings. The van der Waals surface area contributed by atoms with Crippen LogP contribution in [0.15, 0.2) is 54.6 Å². The topological polar surface area (TPSA) is 166 Å². The molecule has 3 amide bonds. The van der Waals surface area contributed by atoms with Crippen molar-refractivity contribution in [3.63, 3.8) is 0 Å². The Balaban J connectivity index is 1.43. The summed E-state index contributed by atoms with van der Waals surface area (Å²) in [6, 6.07) is 15.2. The Kier molecular flexibility index (Phi) is 15.0. The van der Waals surface area contributed by atoms with Gasteiger partial charge in [-0.05, 0) is 82.5 Å². The molecule has 290 valence electrons. The molecule has 0 radical (unpaired) electrons. The van der Waals surface area contributed by atoms with Crippen LogP contribution >= 0.6 is 0 Å². The summed E-state index contributed by atoms with van der Waals surface area (Å²) >= 11 is 0. The molecule has 12 heteroatoms. The fourth-order valence-electron chi connectivity index (χ4n) is 6.82. The van der Waals surface area contributed by atoms with Crippen molar-refractivity contribution in [1.29, 1.82) is 0 Å². The van der Waals surface area contributed by atoms with Gasteiger partial charge in [-0.25, -0.2) is 9.78 Å². The monoisotopic (exact) mass is 732 g/mol. The molecule has 2 aromatic carbocycles. The van der Waals surface area contributed by atoms with Crippen LogP contribution < -0.4 is 16.0 Å². The fourth-order valence-corrected chi connectivity index (χ4v) is 6.82. The van der Waals surface area contributed by atoms with Crippen molar-refractivity contribution in [3.05, 3.63) is 66.0 Å². The number of aliphatic hydroxyl groups excluding tert-OH is 1. The number of likely N-dealkylation sites (tertiary alicyclic amines) is 1. The number of hydrogen-bond donors (Lipinski definition) is 5. The Morgan fingerprint density at radius 1 is 0.943 bits per heavy atom. The number of nitrogens with one attached hydrogen (secondary N) is 4. The van der Waals surface area contributed by atoms with Gasteiger partial charge in [0.05, 0.1) is 29.7 Å². The number of aliphatic hydroxyl groups is 1. The van der Waals surface area contributed by atoms with E-state index in [-0.39, 0.29) is 49.1 Å². The van der Waals surface area contributed by atoms with E-state index >= 15 is 0 Å². The molecule has 5 N–H and O–H groups in total. The molecule has 1 saturated heterocycles. The minimum Gasteiger partial charge on any atom is -0.458 e. The van der Waals surface area contributed by atoms with Gasteiger partial charge >= 0.3 is 5.97 Å². The number of carbonyl (C=O) groups excluding carboxylic acids is 4. The van der Waals surface area contributed by atoms with Crippen LogP contribution in [0.4, 0.5) is 0 Å². The van der Waals surface area contributed by atoms with E-state index in [4.69, 9.17) is 4.74 Å². The van der Waals surface area contributed by atoms with Gasteiger partial charge < -0.3 is 30.8 Å². The molecule has 2 heterocycles. The molecule has 12 nitrogen and oxygen atoms in total. The highest BCUT2D eigenvalue weighted by Crippen LogP contribution is 2.23. The Morgan fingerprint density at radius 2 is 1.60 bits per heavy atom. The lowest BCUT2D eigenvalue weighted by Crippen LogP contribution is -2.54. The van der Waals surface area contributed by atoms with Gasteiger partial charge in [0, 0.05) is 12.5 Å². The van der Waals surface area contributed by atoms with Gasteiger partial charge in [0.2, 0.25) is 17.7 Å². The van der Waals surface area contributed by atoms with E-state index in [0.717, 1.165) is 23.0 Å². The fraction of sp³-hybridized carbons (Fsp3) is 0.585. The SMILES string of the molecule is CC[C@H](C)[C@H](NC(=O)[C@H](Cc1ccccc1)CC(O)CN1CCC[C@H]1C(=O)N[C@H](C(=O)OC(C)(C)C)[C@@H](C)CC)C(=O)NCc1nc2ccccc2[nH]1. The molecule has 1 aliphatic rings. The first-order chi connectivity index (χ1) is 25.2. The van der Waals surface area contributed by atoms with Crippen molar-refractivity contribution >= 4 is 34.7 Å². The first kappa shape index (κ1) is 41.5. The number of H-pyrrole nitrogens is 1. The number of amides is 3. The van der Waals surface area contributed by atoms with E-state index in [2.05, 4.69) is 25.9 Å². The van der Waals surface area contributed by atoms with Crippen LogP contribution in [0.1, 0.15) is 92.0 Å². The maximum atomic E-state index is 14.1. The Labute approximate surface area is 314 Å². The molecule has 1 unspecified atom stereocenters. The first-order valence-corrected chi connectivity index (χ1v) is 19.2. The molecular formula is C41H60N6O6. The number of aromatic amines is 1. The summed E-state index contributed by atoms with van der Waals surface area (Å²) in [6.07, 6.45) is 2.28. The quantitative estimate of drug-likeness (QED) is 0.118. The lowest BCUT2D eigenvalue weighted by atomic mass is 9.91. The lowest BCUT2D eigenvalue weighted by molar-refractivity contribution is -0.160. The van der Waals surface area contributed by atoms with Crippen molar-refractivity contribution < 1.29 is 29.0 Å². The van der Waals surface area contributed by atoms with Crippen molar-refractivity contribution in [2.24, 2.45) is 17.8 Å². The number of ether oxygens (including phenoxy) is 1. The number of para-hydroxylation sites is 2. The Hall–Kier alpha value is -4.29. The summed E-state index contributed by atoms with van der Waals surface area (Å²) in [5.74, 6) is -1.65. The number of esters is 1. The molecule has 0 saturated carbocycles. The molecule has 7 atom stereocenters. The number of β-amino-alcohol motifs (C(OH)–C–C–N with tert-alkyl or cyclic N) is 1. The van der Waals surface area contributed by atoms with Gasteiger partial charge in [0.25, 0.3) is 0 Å². The molecule has 4 rings (SSSR count). The van der Waals surface area contributed by atoms with E-state index in [1.54, 1.807) is 20.8 Å². The molecule has 3 aromatic rings. The summed E-state index contributed by atoms with van der Waals surface area (Å²) in [6.45, 7) is 14.2. The number of benzene rings is 2. The van der Waals surface area contributed by atoms with Crippen molar-refractivity contribution in [2.45, 2.75) is 123 Å². The van der Waals surface area contributed by atoms with Crippen LogP contribution in [0.5, 0.6) is 0 Å². The predicted molar refractivity (Wildman–Crippen MR) is 205 cm³/mol. The van der Waals surface area contributed by atoms with Gasteiger partial charge in [0.1, 0.15) is 23.5 Å². The van der Waals surface area contributed by atoms with E-state index in [9.17, 15) is 24.3 Å². The molecular weight excluding hydrogens is 672 g/mol. The zero-order valence-corrected chi connectivity index (χ0v) is 32.5. The van der Waals surface area contributed by atoms with Crippen molar-refractivity contribution in [3.8, 4) is 0 Å². The molecule has 0 spiro atoms. The van der Waals surface area contributed by atoms with Crippen LogP contribution in [0.25, 0.3) is 11.0 Å². The smallest absolute Gasteiger partial charge is 0.329 e. The average Bonchev–Trinajstić information content (AvgIpc) is 3.77. The summed E-state index contributed by atoms with van der Waals surface area (Å²) in [7, 11) is 0. The third-order valence-corrected chi connectivity index (χ3v) is 10.2. The minimum absolute atomic E-state index is 0.127. The van der Waals surface area contributed by atoms with Gasteiger partial charge in [-0.3, -0.25) is 19.3 Å². The van der Waals surface area contributed by atoms with E-state index in [1.807, 2.05) is 87.2 Å². The summed E-state index contributed by atoms with van der Waals surface area (Å²) in [5.41, 5.74) is 1.93. The summed E-state index contributed by atoms with van der Waals surface area (Å²) in [4.78, 5) is 64.0. The number of fused-ring (bicyclic) bond motifs is 1. The molecule has 1 aliphatic heterocycles. The highest BCUT2D eigenvalue weighted by atomic mass is 16.6. The van der Waals surface area contributed by atoms with Gasteiger partial charge in [-0.2, -0.15) is 0 Å². The number of aromatic nitrogens is 2. The lowest BCUT2D eigenvalue weighted by Gasteiger charge is -2.31. The summed E-state index contributed by atoms with van der Waals surface area (Å²) in [5, 5.41) is 20.4. The van der Waals surface area contributed by atoms with Crippen LogP contribution in [-0.4, -0.2) is 86.6 Å². The van der Waals surface area contributed by atoms with Crippen LogP contribution in [0, 0.1) is 17.8 Å². The predicted octanol–water partition coefficient (Wildman–Crippen LogP) is 4.66. The normalized spacial score (nSPS) is 18.4. The molecule has 0 aliphatic carbocycles. The second-order valence-corrected chi connectivity index (χ2v) is 15.6. The maximum absolute atomic E-state index is 14.1. The zero-order valence-electron chi connectivity index (χ0n) is 32.5. The number of carbonyl (C=O) groups is 4. The standard InChI is InChI=1S/C41H60N6O6/c1-8-26(3)35(39(51)42-24-34-43-31-18-13-14-19-32(31)44-34)45-37(49)29(22-28-16-11-10-12-17-28)23-30(48)25-47-21-15-20-33(47)38(50)46-36(27(4)9-2)40(52)53-41(5,6)7/h10-14,16-19,26-27,29-30,33,35-36,48H,8-9,15,20-25H2,1-7H3,(H,42,51)(H,43,44)(H,45,49)(H,46,50)/t26-,27-,29+,30?,33-,35-,36-/m0/s1. The van der Waals surface area contributed by atoms with Gasteiger partial charge in [-0.1, -0.05) is 83.0 Å². The van der Waals surface area contributed by atoms with Crippen molar-refractivity contribution in [2.75, 3.05) is 13.1 Å². The van der Waals surface area contributed by atoms with Crippen LogP contribution in [0.3, 0.4) is 0 Å². The third-order valence-electron chi connectivity index (χ3n) is 10.2. The highest BCUT2D eigenvalue weighted by molar-refractivity contribution is 5.89. The van der Waals surface area contributed by atoms with E-state index in [1.165, 1.54) is 0 Å². The zero-order chi connectivity index (χ0) is 38.7. The number of nitrogens with zero attached hydrogens (tertiary/aromatic N) is 2.